The molecule has 104 valence electrons. The van der Waals surface area contributed by atoms with Gasteiger partial charge in [0.25, 0.3) is 0 Å². The molecule has 0 saturated heterocycles. The van der Waals surface area contributed by atoms with E-state index in [4.69, 9.17) is 0 Å². The largest absolute Gasteiger partial charge is 0.394 e. The fourth-order valence-electron chi connectivity index (χ4n) is 3.08. The Balaban J connectivity index is 1.89. The van der Waals surface area contributed by atoms with Crippen LogP contribution in [0.2, 0.25) is 0 Å². The molecular formula is C18H21NO. The van der Waals surface area contributed by atoms with Gasteiger partial charge in [0.2, 0.25) is 0 Å². The van der Waals surface area contributed by atoms with Gasteiger partial charge in [0.05, 0.1) is 12.1 Å². The van der Waals surface area contributed by atoms with E-state index >= 15 is 0 Å². The monoisotopic (exact) mass is 267 g/mol. The summed E-state index contributed by atoms with van der Waals surface area (Å²) in [6.45, 7) is 2.26. The molecule has 2 heteroatoms. The van der Waals surface area contributed by atoms with Gasteiger partial charge in [-0.25, -0.2) is 0 Å². The van der Waals surface area contributed by atoms with Crippen molar-refractivity contribution >= 4 is 5.69 Å². The number of benzene rings is 2. The fraction of sp³-hybridized carbons (Fsp3) is 0.333. The van der Waals surface area contributed by atoms with Crippen molar-refractivity contribution in [1.82, 2.24) is 0 Å². The molecule has 0 radical (unpaired) electrons. The summed E-state index contributed by atoms with van der Waals surface area (Å²) in [4.78, 5) is 0. The molecule has 1 unspecified atom stereocenters. The van der Waals surface area contributed by atoms with Crippen LogP contribution in [0.4, 0.5) is 5.69 Å². The van der Waals surface area contributed by atoms with Crippen LogP contribution in [0.5, 0.6) is 0 Å². The van der Waals surface area contributed by atoms with Gasteiger partial charge in [-0.05, 0) is 48.9 Å². The Morgan fingerprint density at radius 2 is 1.75 bits per heavy atom. The fourth-order valence-corrected chi connectivity index (χ4v) is 3.08. The summed E-state index contributed by atoms with van der Waals surface area (Å²) in [5, 5.41) is 13.6. The number of aliphatic hydroxyl groups excluding tert-OH is 1. The Hall–Kier alpha value is -1.80. The van der Waals surface area contributed by atoms with E-state index in [0.29, 0.717) is 0 Å². The van der Waals surface area contributed by atoms with Gasteiger partial charge in [-0.2, -0.15) is 0 Å². The van der Waals surface area contributed by atoms with Crippen LogP contribution in [0.25, 0.3) is 0 Å². The van der Waals surface area contributed by atoms with E-state index in [2.05, 4.69) is 48.6 Å². The molecule has 2 N–H and O–H groups in total. The minimum absolute atomic E-state index is 0.162. The summed E-state index contributed by atoms with van der Waals surface area (Å²) in [6.07, 6.45) is 2.87. The van der Waals surface area contributed by atoms with Gasteiger partial charge in [0, 0.05) is 5.69 Å². The van der Waals surface area contributed by atoms with E-state index in [1.165, 1.54) is 16.7 Å². The normalized spacial score (nSPS) is 21.3. The highest BCUT2D eigenvalue weighted by atomic mass is 16.3. The Morgan fingerprint density at radius 3 is 2.50 bits per heavy atom. The Morgan fingerprint density at radius 1 is 1.05 bits per heavy atom. The number of anilines is 1. The number of hydrogen-bond donors (Lipinski definition) is 2. The van der Waals surface area contributed by atoms with E-state index < -0.39 is 0 Å². The second-order valence-electron chi connectivity index (χ2n) is 5.82. The van der Waals surface area contributed by atoms with Gasteiger partial charge in [-0.15, -0.1) is 0 Å². The number of aryl methyl sites for hydroxylation is 2. The zero-order valence-corrected chi connectivity index (χ0v) is 11.9. The summed E-state index contributed by atoms with van der Waals surface area (Å²) in [5.74, 6) is 0. The number of para-hydroxylation sites is 1. The van der Waals surface area contributed by atoms with Gasteiger partial charge in [0.15, 0.2) is 0 Å². The van der Waals surface area contributed by atoms with Crippen LogP contribution >= 0.6 is 0 Å². The van der Waals surface area contributed by atoms with Crippen molar-refractivity contribution in [3.05, 3.63) is 65.2 Å². The van der Waals surface area contributed by atoms with Gasteiger partial charge < -0.3 is 10.4 Å². The van der Waals surface area contributed by atoms with Crippen molar-refractivity contribution < 1.29 is 5.11 Å². The lowest BCUT2D eigenvalue weighted by molar-refractivity contribution is 0.196. The van der Waals surface area contributed by atoms with Crippen LogP contribution in [0.1, 0.15) is 23.1 Å². The standard InChI is InChI=1S/C18H21NO/c1-14-6-2-5-9-17(14)19-18(13-20)11-10-15-7-3-4-8-16(15)12-18/h2-9,19-20H,10-13H2,1H3. The molecule has 20 heavy (non-hydrogen) atoms. The molecule has 0 fully saturated rings. The van der Waals surface area contributed by atoms with E-state index in [9.17, 15) is 5.11 Å². The van der Waals surface area contributed by atoms with Crippen LogP contribution in [0, 0.1) is 6.92 Å². The number of fused-ring (bicyclic) bond motifs is 1. The van der Waals surface area contributed by atoms with Crippen LogP contribution in [0.15, 0.2) is 48.5 Å². The molecular weight excluding hydrogens is 246 g/mol. The average molecular weight is 267 g/mol. The van der Waals surface area contributed by atoms with Crippen molar-refractivity contribution in [3.63, 3.8) is 0 Å². The molecule has 0 amide bonds. The predicted octanol–water partition coefficient (Wildman–Crippen LogP) is 3.33. The van der Waals surface area contributed by atoms with E-state index in [-0.39, 0.29) is 12.1 Å². The molecule has 0 spiro atoms. The average Bonchev–Trinajstić information content (AvgIpc) is 2.49. The Labute approximate surface area is 120 Å². The zero-order chi connectivity index (χ0) is 14.0. The molecule has 2 nitrogen and oxygen atoms in total. The third-order valence-electron chi connectivity index (χ3n) is 4.37. The molecule has 2 aromatic rings. The first kappa shape index (κ1) is 13.2. The van der Waals surface area contributed by atoms with Crippen molar-refractivity contribution in [2.75, 3.05) is 11.9 Å². The lowest BCUT2D eigenvalue weighted by atomic mass is 9.78. The number of aliphatic hydroxyl groups is 1. The maximum Gasteiger partial charge on any atom is 0.0664 e. The topological polar surface area (TPSA) is 32.3 Å². The summed E-state index contributed by atoms with van der Waals surface area (Å²) in [6, 6.07) is 16.8. The summed E-state index contributed by atoms with van der Waals surface area (Å²) in [7, 11) is 0. The number of hydrogen-bond acceptors (Lipinski definition) is 2. The molecule has 2 aromatic carbocycles. The molecule has 0 saturated carbocycles. The molecule has 3 rings (SSSR count). The third kappa shape index (κ3) is 2.44. The predicted molar refractivity (Wildman–Crippen MR) is 83.1 cm³/mol. The van der Waals surface area contributed by atoms with Crippen molar-refractivity contribution in [2.45, 2.75) is 31.7 Å². The first-order chi connectivity index (χ1) is 9.72. The first-order valence-electron chi connectivity index (χ1n) is 7.24. The maximum absolute atomic E-state index is 9.96. The number of rotatable bonds is 3. The smallest absolute Gasteiger partial charge is 0.0664 e. The first-order valence-corrected chi connectivity index (χ1v) is 7.24. The highest BCUT2D eigenvalue weighted by Gasteiger charge is 2.33. The number of nitrogens with one attached hydrogen (secondary N) is 1. The van der Waals surface area contributed by atoms with Crippen LogP contribution in [0.3, 0.4) is 0 Å². The van der Waals surface area contributed by atoms with Gasteiger partial charge >= 0.3 is 0 Å². The summed E-state index contributed by atoms with van der Waals surface area (Å²) in [5.41, 5.74) is 4.89. The van der Waals surface area contributed by atoms with Crippen LogP contribution in [-0.4, -0.2) is 17.3 Å². The second-order valence-corrected chi connectivity index (χ2v) is 5.82. The van der Waals surface area contributed by atoms with E-state index in [1.54, 1.807) is 0 Å². The lowest BCUT2D eigenvalue weighted by Gasteiger charge is -2.39. The molecule has 1 aliphatic carbocycles. The van der Waals surface area contributed by atoms with Crippen LogP contribution in [-0.2, 0) is 12.8 Å². The third-order valence-corrected chi connectivity index (χ3v) is 4.37. The zero-order valence-electron chi connectivity index (χ0n) is 11.9. The lowest BCUT2D eigenvalue weighted by Crippen LogP contribution is -2.47. The second kappa shape index (κ2) is 5.29. The Kier molecular flexibility index (Phi) is 3.49. The van der Waals surface area contributed by atoms with Crippen molar-refractivity contribution in [3.8, 4) is 0 Å². The Bertz CT molecular complexity index is 608. The maximum atomic E-state index is 9.96. The minimum Gasteiger partial charge on any atom is -0.394 e. The van der Waals surface area contributed by atoms with Gasteiger partial charge in [-0.1, -0.05) is 42.5 Å². The highest BCUT2D eigenvalue weighted by Crippen LogP contribution is 2.32. The minimum atomic E-state index is -0.236. The summed E-state index contributed by atoms with van der Waals surface area (Å²) < 4.78 is 0. The molecule has 0 heterocycles. The molecule has 1 aliphatic rings. The van der Waals surface area contributed by atoms with E-state index in [1.807, 2.05) is 12.1 Å². The van der Waals surface area contributed by atoms with Crippen molar-refractivity contribution in [1.29, 1.82) is 0 Å². The van der Waals surface area contributed by atoms with Gasteiger partial charge in [-0.3, -0.25) is 0 Å². The quantitative estimate of drug-likeness (QED) is 0.894. The highest BCUT2D eigenvalue weighted by molar-refractivity contribution is 5.53. The SMILES string of the molecule is Cc1ccccc1NC1(CO)CCc2ccccc2C1. The van der Waals surface area contributed by atoms with Crippen LogP contribution < -0.4 is 5.32 Å². The molecule has 0 aliphatic heterocycles. The van der Waals surface area contributed by atoms with Gasteiger partial charge in [0.1, 0.15) is 0 Å². The summed E-state index contributed by atoms with van der Waals surface area (Å²) >= 11 is 0. The van der Waals surface area contributed by atoms with E-state index in [0.717, 1.165) is 24.9 Å². The molecule has 0 bridgehead atoms. The molecule has 0 aromatic heterocycles. The molecule has 1 atom stereocenters. The van der Waals surface area contributed by atoms with Crippen molar-refractivity contribution in [2.24, 2.45) is 0 Å².